The van der Waals surface area contributed by atoms with Crippen molar-refractivity contribution in [1.29, 1.82) is 0 Å². The molecule has 1 heterocycles. The van der Waals surface area contributed by atoms with Gasteiger partial charge in [-0.3, -0.25) is 9.59 Å². The molecule has 9 heteroatoms. The predicted molar refractivity (Wildman–Crippen MR) is 110 cm³/mol. The van der Waals surface area contributed by atoms with E-state index >= 15 is 0 Å². The molecule has 1 aromatic heterocycles. The zero-order chi connectivity index (χ0) is 21.4. The largest absolute Gasteiger partial charge is 0.449 e. The van der Waals surface area contributed by atoms with Gasteiger partial charge in [0, 0.05) is 17.0 Å². The van der Waals surface area contributed by atoms with Crippen LogP contribution in [0.15, 0.2) is 39.8 Å². The highest BCUT2D eigenvalue weighted by atomic mass is 32.2. The number of nitrogens with one attached hydrogen (secondary N) is 2. The molecular weight excluding hydrogens is 394 g/mol. The van der Waals surface area contributed by atoms with E-state index in [4.69, 9.17) is 9.26 Å². The molecular formula is C20H25N3O5S. The number of hydrogen-bond donors (Lipinski definition) is 2. The maximum Gasteiger partial charge on any atom is 0.340 e. The lowest BCUT2D eigenvalue weighted by Gasteiger charge is -2.16. The number of aromatic nitrogens is 1. The van der Waals surface area contributed by atoms with Gasteiger partial charge in [0.05, 0.1) is 11.3 Å². The Morgan fingerprint density at radius 3 is 2.59 bits per heavy atom. The average molecular weight is 420 g/mol. The summed E-state index contributed by atoms with van der Waals surface area (Å²) < 4.78 is 10.3. The van der Waals surface area contributed by atoms with Crippen LogP contribution in [-0.2, 0) is 14.3 Å². The van der Waals surface area contributed by atoms with Crippen LogP contribution >= 0.6 is 11.8 Å². The molecule has 0 saturated carbocycles. The molecule has 2 rings (SSSR count). The molecule has 0 fully saturated rings. The van der Waals surface area contributed by atoms with E-state index in [9.17, 15) is 14.4 Å². The van der Waals surface area contributed by atoms with Crippen molar-refractivity contribution in [1.82, 2.24) is 10.5 Å². The van der Waals surface area contributed by atoms with Gasteiger partial charge in [-0.25, -0.2) is 4.79 Å². The number of esters is 1. The van der Waals surface area contributed by atoms with Crippen molar-refractivity contribution < 1.29 is 23.6 Å². The first-order valence-corrected chi connectivity index (χ1v) is 10.2. The van der Waals surface area contributed by atoms with Gasteiger partial charge in [0.15, 0.2) is 11.9 Å². The fraction of sp³-hybridized carbons (Fsp3) is 0.400. The lowest BCUT2D eigenvalue weighted by molar-refractivity contribution is -0.124. The van der Waals surface area contributed by atoms with Crippen molar-refractivity contribution >= 4 is 35.4 Å². The summed E-state index contributed by atoms with van der Waals surface area (Å²) >= 11 is 1.24. The van der Waals surface area contributed by atoms with Crippen LogP contribution in [0.25, 0.3) is 0 Å². The van der Waals surface area contributed by atoms with Gasteiger partial charge < -0.3 is 19.9 Å². The zero-order valence-corrected chi connectivity index (χ0v) is 17.7. The van der Waals surface area contributed by atoms with Gasteiger partial charge >= 0.3 is 5.97 Å². The van der Waals surface area contributed by atoms with Gasteiger partial charge in [-0.1, -0.05) is 24.2 Å². The number of anilines is 1. The fourth-order valence-electron chi connectivity index (χ4n) is 2.42. The first-order chi connectivity index (χ1) is 13.8. The summed E-state index contributed by atoms with van der Waals surface area (Å²) in [6.07, 6.45) is -0.692. The van der Waals surface area contributed by atoms with Crippen LogP contribution in [0, 0.1) is 6.92 Å². The Balaban J connectivity index is 2.02. The van der Waals surface area contributed by atoms with Gasteiger partial charge in [-0.15, -0.1) is 11.8 Å². The molecule has 29 heavy (non-hydrogen) atoms. The number of thioether (sulfide) groups is 1. The number of rotatable bonds is 9. The molecule has 1 aromatic carbocycles. The molecule has 2 amide bonds. The first kappa shape index (κ1) is 22.5. The van der Waals surface area contributed by atoms with E-state index in [0.717, 1.165) is 0 Å². The van der Waals surface area contributed by atoms with Crippen LogP contribution < -0.4 is 10.6 Å². The van der Waals surface area contributed by atoms with Crippen molar-refractivity contribution in [3.05, 3.63) is 41.7 Å². The Labute approximate surface area is 173 Å². The van der Waals surface area contributed by atoms with E-state index in [1.807, 2.05) is 13.8 Å². The standard InChI is InChI=1S/C20H25N3O5S/c1-5-15(19(25)22-17-10-13(4)28-23-17)27-20(26)14-8-6-7-9-16(14)29-11-18(24)21-12(2)3/h6-10,12,15H,5,11H2,1-4H3,(H,21,24)(H,22,23,25). The highest BCUT2D eigenvalue weighted by molar-refractivity contribution is 8.00. The normalized spacial score (nSPS) is 11.8. The summed E-state index contributed by atoms with van der Waals surface area (Å²) in [5.74, 6) is -0.258. The van der Waals surface area contributed by atoms with Gasteiger partial charge in [0.1, 0.15) is 5.76 Å². The number of carbonyl (C=O) groups is 3. The van der Waals surface area contributed by atoms with Crippen molar-refractivity contribution in [2.24, 2.45) is 0 Å². The van der Waals surface area contributed by atoms with Crippen LogP contribution in [0.2, 0.25) is 0 Å². The summed E-state index contributed by atoms with van der Waals surface area (Å²) in [5.41, 5.74) is 0.304. The molecule has 0 aliphatic rings. The third-order valence-corrected chi connectivity index (χ3v) is 4.78. The molecule has 0 bridgehead atoms. The first-order valence-electron chi connectivity index (χ1n) is 9.26. The Morgan fingerprint density at radius 2 is 1.97 bits per heavy atom. The van der Waals surface area contributed by atoms with Crippen LogP contribution in [0.5, 0.6) is 0 Å². The van der Waals surface area contributed by atoms with Gasteiger partial charge in [0.2, 0.25) is 5.91 Å². The lowest BCUT2D eigenvalue weighted by atomic mass is 10.2. The Bertz CT molecular complexity index is 865. The molecule has 1 unspecified atom stereocenters. The second-order valence-corrected chi connectivity index (χ2v) is 7.64. The highest BCUT2D eigenvalue weighted by Crippen LogP contribution is 2.24. The Morgan fingerprint density at radius 1 is 1.24 bits per heavy atom. The van der Waals surface area contributed by atoms with Crippen molar-refractivity contribution in [3.63, 3.8) is 0 Å². The number of ether oxygens (including phenoxy) is 1. The third kappa shape index (κ3) is 6.94. The number of carbonyl (C=O) groups excluding carboxylic acids is 3. The second kappa shape index (κ2) is 10.7. The molecule has 0 spiro atoms. The third-order valence-electron chi connectivity index (χ3n) is 3.71. The SMILES string of the molecule is CCC(OC(=O)c1ccccc1SCC(=O)NC(C)C)C(=O)Nc1cc(C)on1. The lowest BCUT2D eigenvalue weighted by Crippen LogP contribution is -2.32. The number of hydrogen-bond acceptors (Lipinski definition) is 7. The van der Waals surface area contributed by atoms with Crippen LogP contribution in [0.1, 0.15) is 43.3 Å². The quantitative estimate of drug-likeness (QED) is 0.474. The van der Waals surface area contributed by atoms with Crippen molar-refractivity contribution in [2.75, 3.05) is 11.1 Å². The summed E-state index contributed by atoms with van der Waals surface area (Å²) in [5, 5.41) is 9.06. The van der Waals surface area contributed by atoms with Crippen LogP contribution in [-0.4, -0.2) is 40.8 Å². The summed E-state index contributed by atoms with van der Waals surface area (Å²) in [4.78, 5) is 37.6. The smallest absolute Gasteiger partial charge is 0.340 e. The van der Waals surface area contributed by atoms with Crippen molar-refractivity contribution in [2.45, 2.75) is 51.2 Å². The maximum absolute atomic E-state index is 12.7. The summed E-state index contributed by atoms with van der Waals surface area (Å²) in [6.45, 7) is 7.20. The van der Waals surface area contributed by atoms with E-state index in [0.29, 0.717) is 22.6 Å². The van der Waals surface area contributed by atoms with Crippen LogP contribution in [0.3, 0.4) is 0 Å². The monoisotopic (exact) mass is 419 g/mol. The number of nitrogens with zero attached hydrogens (tertiary/aromatic N) is 1. The Kier molecular flexibility index (Phi) is 8.26. The molecule has 0 aliphatic carbocycles. The minimum Gasteiger partial charge on any atom is -0.449 e. The highest BCUT2D eigenvalue weighted by Gasteiger charge is 2.24. The van der Waals surface area contributed by atoms with E-state index < -0.39 is 18.0 Å². The van der Waals surface area contributed by atoms with Gasteiger partial charge in [0.25, 0.3) is 5.91 Å². The van der Waals surface area contributed by atoms with Gasteiger partial charge in [-0.05, 0) is 39.3 Å². The molecule has 0 aliphatic heterocycles. The minimum atomic E-state index is -0.984. The number of aryl methyl sites for hydroxylation is 1. The molecule has 156 valence electrons. The minimum absolute atomic E-state index is 0.0423. The average Bonchev–Trinajstić information content (AvgIpc) is 3.08. The van der Waals surface area contributed by atoms with E-state index in [1.165, 1.54) is 11.8 Å². The molecule has 0 saturated heterocycles. The maximum atomic E-state index is 12.7. The summed E-state index contributed by atoms with van der Waals surface area (Å²) in [6, 6.07) is 8.44. The number of amides is 2. The summed E-state index contributed by atoms with van der Waals surface area (Å²) in [7, 11) is 0. The van der Waals surface area contributed by atoms with E-state index in [-0.39, 0.29) is 23.5 Å². The molecule has 0 radical (unpaired) electrons. The van der Waals surface area contributed by atoms with Crippen LogP contribution in [0.4, 0.5) is 5.82 Å². The topological polar surface area (TPSA) is 111 Å². The molecule has 2 N–H and O–H groups in total. The molecule has 8 nitrogen and oxygen atoms in total. The van der Waals surface area contributed by atoms with E-state index in [1.54, 1.807) is 44.2 Å². The molecule has 2 aromatic rings. The Hall–Kier alpha value is -2.81. The predicted octanol–water partition coefficient (Wildman–Crippen LogP) is 3.17. The fourth-order valence-corrected chi connectivity index (χ4v) is 3.27. The van der Waals surface area contributed by atoms with Crippen molar-refractivity contribution in [3.8, 4) is 0 Å². The number of benzene rings is 1. The van der Waals surface area contributed by atoms with Gasteiger partial charge in [-0.2, -0.15) is 0 Å². The molecule has 1 atom stereocenters. The second-order valence-electron chi connectivity index (χ2n) is 6.62. The van der Waals surface area contributed by atoms with E-state index in [2.05, 4.69) is 15.8 Å². The zero-order valence-electron chi connectivity index (χ0n) is 16.9.